The van der Waals surface area contributed by atoms with Crippen molar-refractivity contribution in [2.75, 3.05) is 20.8 Å². The molecule has 0 aromatic heterocycles. The van der Waals surface area contributed by atoms with Gasteiger partial charge in [-0.1, -0.05) is 23.7 Å². The minimum Gasteiger partial charge on any atom is -0.497 e. The van der Waals surface area contributed by atoms with Crippen molar-refractivity contribution in [1.82, 2.24) is 0 Å². The molecule has 2 aromatic carbocycles. The lowest BCUT2D eigenvalue weighted by atomic mass is 10.1. The monoisotopic (exact) mass is 360 g/mol. The Morgan fingerprint density at radius 1 is 1.04 bits per heavy atom. The highest BCUT2D eigenvalue weighted by atomic mass is 35.5. The highest BCUT2D eigenvalue weighted by Gasteiger charge is 2.11. The van der Waals surface area contributed by atoms with Crippen LogP contribution in [0.3, 0.4) is 0 Å². The zero-order valence-corrected chi connectivity index (χ0v) is 14.6. The summed E-state index contributed by atoms with van der Waals surface area (Å²) < 4.78 is 15.0. The van der Waals surface area contributed by atoms with Crippen molar-refractivity contribution >= 4 is 29.4 Å². The molecule has 2 aromatic rings. The predicted molar refractivity (Wildman–Crippen MR) is 95.3 cm³/mol. The number of hydrogen-bond donors (Lipinski definition) is 0. The number of ether oxygens (including phenoxy) is 3. The molecule has 0 heterocycles. The normalized spacial score (nSPS) is 10.5. The summed E-state index contributed by atoms with van der Waals surface area (Å²) in [6, 6.07) is 11.8. The van der Waals surface area contributed by atoms with Crippen LogP contribution in [0.1, 0.15) is 15.9 Å². The van der Waals surface area contributed by atoms with Crippen LogP contribution in [0.15, 0.2) is 48.5 Å². The molecular weight excluding hydrogens is 344 g/mol. The van der Waals surface area contributed by atoms with Crippen molar-refractivity contribution in [3.8, 4) is 11.5 Å². The van der Waals surface area contributed by atoms with Crippen LogP contribution in [0.2, 0.25) is 5.02 Å². The topological polar surface area (TPSA) is 61.8 Å². The summed E-state index contributed by atoms with van der Waals surface area (Å²) in [5, 5.41) is 0.319. The van der Waals surface area contributed by atoms with Crippen LogP contribution in [0.5, 0.6) is 11.5 Å². The molecule has 0 N–H and O–H groups in total. The second-order valence-corrected chi connectivity index (χ2v) is 5.39. The van der Waals surface area contributed by atoms with E-state index in [4.69, 9.17) is 25.8 Å². The zero-order chi connectivity index (χ0) is 18.2. The number of benzene rings is 2. The summed E-state index contributed by atoms with van der Waals surface area (Å²) in [6.07, 6.45) is 2.85. The number of rotatable bonds is 7. The molecule has 5 nitrogen and oxygen atoms in total. The lowest BCUT2D eigenvalue weighted by Gasteiger charge is -2.05. The lowest BCUT2D eigenvalue weighted by molar-refractivity contribution is -0.136. The van der Waals surface area contributed by atoms with E-state index in [-0.39, 0.29) is 12.4 Å². The second kappa shape index (κ2) is 8.89. The number of halogens is 1. The average Bonchev–Trinajstić information content (AvgIpc) is 2.64. The number of carbonyl (C=O) groups is 2. The molecule has 0 saturated heterocycles. The Kier molecular flexibility index (Phi) is 6.60. The second-order valence-electron chi connectivity index (χ2n) is 4.99. The van der Waals surface area contributed by atoms with Crippen molar-refractivity contribution in [2.45, 2.75) is 0 Å². The first kappa shape index (κ1) is 18.5. The molecule has 0 fully saturated rings. The summed E-state index contributed by atoms with van der Waals surface area (Å²) in [5.74, 6) is 0.237. The number of ketones is 1. The van der Waals surface area contributed by atoms with Crippen LogP contribution in [0, 0.1) is 0 Å². The molecule has 6 heteroatoms. The summed E-state index contributed by atoms with van der Waals surface area (Å²) in [4.78, 5) is 23.7. The van der Waals surface area contributed by atoms with Gasteiger partial charge in [-0.25, -0.2) is 4.79 Å². The van der Waals surface area contributed by atoms with Crippen LogP contribution in [-0.2, 0) is 9.53 Å². The van der Waals surface area contributed by atoms with Crippen LogP contribution in [-0.4, -0.2) is 32.6 Å². The first-order chi connectivity index (χ1) is 12.0. The van der Waals surface area contributed by atoms with E-state index >= 15 is 0 Å². The van der Waals surface area contributed by atoms with Gasteiger partial charge in [-0.05, 0) is 42.0 Å². The molecule has 0 saturated carbocycles. The predicted octanol–water partition coefficient (Wildman–Crippen LogP) is 3.80. The molecule has 2 rings (SSSR count). The van der Waals surface area contributed by atoms with E-state index < -0.39 is 5.97 Å². The molecule has 0 spiro atoms. The summed E-state index contributed by atoms with van der Waals surface area (Å²) in [7, 11) is 3.06. The number of hydrogen-bond acceptors (Lipinski definition) is 5. The van der Waals surface area contributed by atoms with Gasteiger partial charge in [-0.15, -0.1) is 0 Å². The SMILES string of the molecule is COc1ccc(/C=C/C(=O)OCC(=O)c2ccc(OC)c(Cl)c2)cc1. The van der Waals surface area contributed by atoms with Crippen molar-refractivity contribution in [1.29, 1.82) is 0 Å². The van der Waals surface area contributed by atoms with Gasteiger partial charge < -0.3 is 14.2 Å². The third-order valence-corrected chi connectivity index (χ3v) is 3.64. The first-order valence-corrected chi connectivity index (χ1v) is 7.77. The van der Waals surface area contributed by atoms with Crippen molar-refractivity contribution < 1.29 is 23.8 Å². The fourth-order valence-corrected chi connectivity index (χ4v) is 2.24. The number of carbonyl (C=O) groups excluding carboxylic acids is 2. The molecule has 0 bridgehead atoms. The Labute approximate surface area is 150 Å². The maximum atomic E-state index is 12.0. The first-order valence-electron chi connectivity index (χ1n) is 7.39. The van der Waals surface area contributed by atoms with E-state index in [9.17, 15) is 9.59 Å². The fourth-order valence-electron chi connectivity index (χ4n) is 1.99. The zero-order valence-electron chi connectivity index (χ0n) is 13.8. The van der Waals surface area contributed by atoms with Gasteiger partial charge in [0.15, 0.2) is 12.4 Å². The van der Waals surface area contributed by atoms with Crippen LogP contribution in [0.25, 0.3) is 6.08 Å². The molecule has 0 aliphatic rings. The molecule has 130 valence electrons. The summed E-state index contributed by atoms with van der Waals surface area (Å²) in [6.45, 7) is -0.367. The van der Waals surface area contributed by atoms with E-state index in [1.807, 2.05) is 0 Å². The number of methoxy groups -OCH3 is 2. The minimum atomic E-state index is -0.608. The maximum absolute atomic E-state index is 12.0. The number of Topliss-reactive ketones (excluding diaryl/α,β-unsaturated/α-hetero) is 1. The van der Waals surface area contributed by atoms with Gasteiger partial charge in [0, 0.05) is 11.6 Å². The highest BCUT2D eigenvalue weighted by molar-refractivity contribution is 6.32. The Morgan fingerprint density at radius 3 is 2.36 bits per heavy atom. The molecule has 0 amide bonds. The standard InChI is InChI=1S/C19H17ClO5/c1-23-15-7-3-13(4-8-15)5-10-19(22)25-12-17(21)14-6-9-18(24-2)16(20)11-14/h3-11H,12H2,1-2H3/b10-5+. The Morgan fingerprint density at radius 2 is 1.76 bits per heavy atom. The third kappa shape index (κ3) is 5.36. The van der Waals surface area contributed by atoms with Crippen LogP contribution in [0.4, 0.5) is 0 Å². The van der Waals surface area contributed by atoms with Gasteiger partial charge in [0.2, 0.25) is 0 Å². The van der Waals surface area contributed by atoms with Gasteiger partial charge >= 0.3 is 5.97 Å². The van der Waals surface area contributed by atoms with Crippen molar-refractivity contribution in [2.24, 2.45) is 0 Å². The Balaban J connectivity index is 1.89. The van der Waals surface area contributed by atoms with Crippen LogP contribution < -0.4 is 9.47 Å². The molecule has 0 atom stereocenters. The van der Waals surface area contributed by atoms with Crippen molar-refractivity contribution in [3.63, 3.8) is 0 Å². The summed E-state index contributed by atoms with van der Waals surface area (Å²) >= 11 is 5.97. The molecule has 0 aliphatic carbocycles. The lowest BCUT2D eigenvalue weighted by Crippen LogP contribution is -2.12. The van der Waals surface area contributed by atoms with E-state index in [1.54, 1.807) is 49.6 Å². The molecule has 0 radical (unpaired) electrons. The van der Waals surface area contributed by atoms with Crippen LogP contribution >= 0.6 is 11.6 Å². The quantitative estimate of drug-likeness (QED) is 0.427. The Hall–Kier alpha value is -2.79. The molecule has 0 aliphatic heterocycles. The molecule has 25 heavy (non-hydrogen) atoms. The number of esters is 1. The molecule has 0 unspecified atom stereocenters. The third-order valence-electron chi connectivity index (χ3n) is 3.35. The minimum absolute atomic E-state index is 0.319. The summed E-state index contributed by atoms with van der Waals surface area (Å²) in [5.41, 5.74) is 1.16. The van der Waals surface area contributed by atoms with Crippen molar-refractivity contribution in [3.05, 3.63) is 64.7 Å². The van der Waals surface area contributed by atoms with Gasteiger partial charge in [0.25, 0.3) is 0 Å². The molecular formula is C19H17ClO5. The average molecular weight is 361 g/mol. The largest absolute Gasteiger partial charge is 0.497 e. The fraction of sp³-hybridized carbons (Fsp3) is 0.158. The smallest absolute Gasteiger partial charge is 0.331 e. The highest BCUT2D eigenvalue weighted by Crippen LogP contribution is 2.25. The van der Waals surface area contributed by atoms with Gasteiger partial charge in [-0.2, -0.15) is 0 Å². The van der Waals surface area contributed by atoms with E-state index in [0.29, 0.717) is 16.3 Å². The van der Waals surface area contributed by atoms with E-state index in [0.717, 1.165) is 11.3 Å². The van der Waals surface area contributed by atoms with E-state index in [1.165, 1.54) is 19.3 Å². The Bertz CT molecular complexity index is 781. The van der Waals surface area contributed by atoms with E-state index in [2.05, 4.69) is 0 Å². The van der Waals surface area contributed by atoms with Gasteiger partial charge in [0.05, 0.1) is 19.2 Å². The maximum Gasteiger partial charge on any atom is 0.331 e. The van der Waals surface area contributed by atoms with Gasteiger partial charge in [0.1, 0.15) is 11.5 Å². The van der Waals surface area contributed by atoms with Gasteiger partial charge in [-0.3, -0.25) is 4.79 Å².